The summed E-state index contributed by atoms with van der Waals surface area (Å²) in [4.78, 5) is 21.0. The number of aromatic nitrogens is 3. The monoisotopic (exact) mass is 347 g/mol. The van der Waals surface area contributed by atoms with Crippen LogP contribution in [0.25, 0.3) is 11.1 Å². The van der Waals surface area contributed by atoms with E-state index >= 15 is 0 Å². The number of anilines is 1. The zero-order chi connectivity index (χ0) is 17.8. The van der Waals surface area contributed by atoms with Crippen LogP contribution < -0.4 is 4.90 Å². The van der Waals surface area contributed by atoms with Crippen LogP contribution in [0.15, 0.2) is 67.3 Å². The molecule has 6 nitrogen and oxygen atoms in total. The van der Waals surface area contributed by atoms with Gasteiger partial charge in [0, 0.05) is 50.3 Å². The summed E-state index contributed by atoms with van der Waals surface area (Å²) in [5.41, 5.74) is 3.48. The number of carbonyl (C=O) groups excluding carboxylic acids is 1. The molecule has 3 heterocycles. The fraction of sp³-hybridized carbons (Fsp3) is 0.250. The molecule has 0 unspecified atom stereocenters. The van der Waals surface area contributed by atoms with Gasteiger partial charge in [-0.25, -0.2) is 0 Å². The molecule has 0 atom stereocenters. The Hall–Kier alpha value is -3.15. The largest absolute Gasteiger partial charge is 0.366 e. The molecule has 1 saturated heterocycles. The van der Waals surface area contributed by atoms with Gasteiger partial charge in [0.25, 0.3) is 0 Å². The first-order valence-corrected chi connectivity index (χ1v) is 8.81. The zero-order valence-corrected chi connectivity index (χ0v) is 14.5. The molecule has 4 rings (SSSR count). The minimum Gasteiger partial charge on any atom is -0.366 e. The Morgan fingerprint density at radius 1 is 0.962 bits per heavy atom. The predicted octanol–water partition coefficient (Wildman–Crippen LogP) is 2.29. The Balaban J connectivity index is 1.45. The second-order valence-electron chi connectivity index (χ2n) is 6.33. The maximum absolute atomic E-state index is 12.4. The first kappa shape index (κ1) is 16.3. The van der Waals surface area contributed by atoms with Crippen LogP contribution in [0.5, 0.6) is 0 Å². The number of nitrogens with zero attached hydrogens (tertiary/aromatic N) is 5. The summed E-state index contributed by atoms with van der Waals surface area (Å²) in [7, 11) is 0. The third-order valence-corrected chi connectivity index (χ3v) is 4.71. The van der Waals surface area contributed by atoms with E-state index in [0.717, 1.165) is 18.8 Å². The third kappa shape index (κ3) is 3.44. The van der Waals surface area contributed by atoms with Crippen molar-refractivity contribution >= 4 is 11.6 Å². The second kappa shape index (κ2) is 7.39. The van der Waals surface area contributed by atoms with Gasteiger partial charge in [0.15, 0.2) is 0 Å². The van der Waals surface area contributed by atoms with Crippen molar-refractivity contribution in [2.45, 2.75) is 6.54 Å². The number of rotatable bonds is 4. The normalized spacial score (nSPS) is 14.5. The smallest absolute Gasteiger partial charge is 0.244 e. The molecular weight excluding hydrogens is 326 g/mol. The lowest BCUT2D eigenvalue weighted by Crippen LogP contribution is -2.49. The van der Waals surface area contributed by atoms with E-state index in [1.165, 1.54) is 11.1 Å². The minimum atomic E-state index is 0.114. The highest BCUT2D eigenvalue weighted by Gasteiger charge is 2.23. The van der Waals surface area contributed by atoms with Crippen LogP contribution in [-0.4, -0.2) is 51.8 Å². The SMILES string of the molecule is O=C(Cn1cccn1)N1CCN(c2cnccc2-c2ccccc2)CC1. The van der Waals surface area contributed by atoms with Gasteiger partial charge in [0.05, 0.1) is 11.9 Å². The summed E-state index contributed by atoms with van der Waals surface area (Å²) in [5.74, 6) is 0.114. The summed E-state index contributed by atoms with van der Waals surface area (Å²) >= 11 is 0. The van der Waals surface area contributed by atoms with Gasteiger partial charge >= 0.3 is 0 Å². The van der Waals surface area contributed by atoms with E-state index in [4.69, 9.17) is 0 Å². The van der Waals surface area contributed by atoms with E-state index in [1.807, 2.05) is 47.8 Å². The van der Waals surface area contributed by atoms with Crippen LogP contribution in [0.3, 0.4) is 0 Å². The third-order valence-electron chi connectivity index (χ3n) is 4.71. The van der Waals surface area contributed by atoms with Gasteiger partial charge < -0.3 is 9.80 Å². The highest BCUT2D eigenvalue weighted by molar-refractivity contribution is 5.79. The molecule has 0 radical (unpaired) electrons. The van der Waals surface area contributed by atoms with Crippen molar-refractivity contribution in [3.8, 4) is 11.1 Å². The van der Waals surface area contributed by atoms with E-state index in [0.29, 0.717) is 19.6 Å². The lowest BCUT2D eigenvalue weighted by atomic mass is 10.0. The summed E-state index contributed by atoms with van der Waals surface area (Å²) in [6, 6.07) is 14.2. The van der Waals surface area contributed by atoms with Gasteiger partial charge in [0.1, 0.15) is 6.54 Å². The number of benzene rings is 1. The maximum Gasteiger partial charge on any atom is 0.244 e. The summed E-state index contributed by atoms with van der Waals surface area (Å²) in [6.45, 7) is 3.33. The van der Waals surface area contributed by atoms with Crippen molar-refractivity contribution in [3.63, 3.8) is 0 Å². The fourth-order valence-electron chi connectivity index (χ4n) is 3.33. The Labute approximate surface area is 152 Å². The molecule has 0 bridgehead atoms. The molecule has 0 spiro atoms. The molecule has 132 valence electrons. The van der Waals surface area contributed by atoms with Crippen LogP contribution in [0.2, 0.25) is 0 Å². The molecule has 0 aliphatic carbocycles. The molecule has 3 aromatic rings. The fourth-order valence-corrected chi connectivity index (χ4v) is 3.33. The van der Waals surface area contributed by atoms with Gasteiger partial charge in [-0.05, 0) is 17.7 Å². The van der Waals surface area contributed by atoms with Crippen molar-refractivity contribution in [3.05, 3.63) is 67.3 Å². The molecule has 1 aliphatic heterocycles. The molecule has 2 aromatic heterocycles. The molecule has 0 saturated carbocycles. The number of hydrogen-bond acceptors (Lipinski definition) is 4. The standard InChI is InChI=1S/C20H21N5O/c26-20(16-25-10-4-8-22-25)24-13-11-23(12-14-24)19-15-21-9-7-18(19)17-5-2-1-3-6-17/h1-10,15H,11-14,16H2. The van der Waals surface area contributed by atoms with E-state index in [-0.39, 0.29) is 5.91 Å². The molecule has 6 heteroatoms. The van der Waals surface area contributed by atoms with E-state index in [2.05, 4.69) is 33.2 Å². The number of amides is 1. The van der Waals surface area contributed by atoms with E-state index < -0.39 is 0 Å². The predicted molar refractivity (Wildman–Crippen MR) is 101 cm³/mol. The van der Waals surface area contributed by atoms with Crippen LogP contribution >= 0.6 is 0 Å². The molecular formula is C20H21N5O. The highest BCUT2D eigenvalue weighted by atomic mass is 16.2. The average Bonchev–Trinajstić information content (AvgIpc) is 3.22. The van der Waals surface area contributed by atoms with Crippen LogP contribution in [-0.2, 0) is 11.3 Å². The first-order chi connectivity index (χ1) is 12.8. The number of hydrogen-bond donors (Lipinski definition) is 0. The van der Waals surface area contributed by atoms with Crippen molar-refractivity contribution in [1.29, 1.82) is 0 Å². The van der Waals surface area contributed by atoms with E-state index in [1.54, 1.807) is 10.9 Å². The van der Waals surface area contributed by atoms with Crippen LogP contribution in [0.1, 0.15) is 0 Å². The zero-order valence-electron chi connectivity index (χ0n) is 14.5. The van der Waals surface area contributed by atoms with Gasteiger partial charge in [0.2, 0.25) is 5.91 Å². The summed E-state index contributed by atoms with van der Waals surface area (Å²) in [6.07, 6.45) is 7.26. The molecule has 1 fully saturated rings. The average molecular weight is 347 g/mol. The Kier molecular flexibility index (Phi) is 4.64. The van der Waals surface area contributed by atoms with E-state index in [9.17, 15) is 4.79 Å². The molecule has 1 amide bonds. The molecule has 26 heavy (non-hydrogen) atoms. The van der Waals surface area contributed by atoms with Crippen molar-refractivity contribution < 1.29 is 4.79 Å². The maximum atomic E-state index is 12.4. The quantitative estimate of drug-likeness (QED) is 0.727. The summed E-state index contributed by atoms with van der Waals surface area (Å²) in [5, 5.41) is 4.11. The lowest BCUT2D eigenvalue weighted by Gasteiger charge is -2.36. The molecule has 1 aromatic carbocycles. The number of carbonyl (C=O) groups is 1. The number of pyridine rings is 1. The highest BCUT2D eigenvalue weighted by Crippen LogP contribution is 2.30. The topological polar surface area (TPSA) is 54.3 Å². The Bertz CT molecular complexity index is 855. The van der Waals surface area contributed by atoms with Crippen molar-refractivity contribution in [1.82, 2.24) is 19.7 Å². The van der Waals surface area contributed by atoms with Gasteiger partial charge in [-0.3, -0.25) is 14.5 Å². The number of piperazine rings is 1. The van der Waals surface area contributed by atoms with Gasteiger partial charge in [-0.1, -0.05) is 30.3 Å². The Morgan fingerprint density at radius 3 is 2.50 bits per heavy atom. The minimum absolute atomic E-state index is 0.114. The van der Waals surface area contributed by atoms with Crippen molar-refractivity contribution in [2.24, 2.45) is 0 Å². The lowest BCUT2D eigenvalue weighted by molar-refractivity contribution is -0.132. The molecule has 0 N–H and O–H groups in total. The van der Waals surface area contributed by atoms with Crippen molar-refractivity contribution in [2.75, 3.05) is 31.1 Å². The van der Waals surface area contributed by atoms with Crippen LogP contribution in [0.4, 0.5) is 5.69 Å². The second-order valence-corrected chi connectivity index (χ2v) is 6.33. The first-order valence-electron chi connectivity index (χ1n) is 8.81. The van der Waals surface area contributed by atoms with Gasteiger partial charge in [-0.2, -0.15) is 5.10 Å². The van der Waals surface area contributed by atoms with Gasteiger partial charge in [-0.15, -0.1) is 0 Å². The molecule has 1 aliphatic rings. The Morgan fingerprint density at radius 2 is 1.77 bits per heavy atom. The van der Waals surface area contributed by atoms with Crippen LogP contribution in [0, 0.1) is 0 Å². The summed E-state index contributed by atoms with van der Waals surface area (Å²) < 4.78 is 1.67.